The quantitative estimate of drug-likeness (QED) is 0.299. The van der Waals surface area contributed by atoms with Gasteiger partial charge in [-0.1, -0.05) is 20.4 Å². The number of carbonyl (C=O) groups is 1. The van der Waals surface area contributed by atoms with Crippen LogP contribution in [0.3, 0.4) is 0 Å². The fourth-order valence-electron chi connectivity index (χ4n) is 3.31. The number of hydrogen-bond acceptors (Lipinski definition) is 3. The topological polar surface area (TPSA) is 83.5 Å². The van der Waals surface area contributed by atoms with Gasteiger partial charge in [0, 0.05) is 18.9 Å². The van der Waals surface area contributed by atoms with Crippen LogP contribution >= 0.6 is 0 Å². The molecule has 0 aromatic rings. The molecule has 2 atom stereocenters. The summed E-state index contributed by atoms with van der Waals surface area (Å²) in [6.07, 6.45) is 4.53. The number of hydrogen-bond donors (Lipinski definition) is 2. The zero-order valence-electron chi connectivity index (χ0n) is 15.6. The van der Waals surface area contributed by atoms with Gasteiger partial charge in [0.2, 0.25) is 5.91 Å². The van der Waals surface area contributed by atoms with Gasteiger partial charge in [0.25, 0.3) is 10.1 Å². The van der Waals surface area contributed by atoms with E-state index in [4.69, 9.17) is 4.55 Å². The van der Waals surface area contributed by atoms with Gasteiger partial charge in [-0.05, 0) is 32.8 Å². The maximum absolute atomic E-state index is 11.4. The molecule has 0 aliphatic rings. The summed E-state index contributed by atoms with van der Waals surface area (Å²) >= 11 is 0. The highest BCUT2D eigenvalue weighted by Gasteiger charge is 2.33. The Balaban J connectivity index is 5.03. The maximum atomic E-state index is 11.4. The van der Waals surface area contributed by atoms with Crippen LogP contribution in [0.1, 0.15) is 53.4 Å². The highest BCUT2D eigenvalue weighted by molar-refractivity contribution is 7.85. The minimum Gasteiger partial charge on any atom is -0.350 e. The molecule has 24 heavy (non-hydrogen) atoms. The van der Waals surface area contributed by atoms with E-state index in [1.165, 1.54) is 6.08 Å². The fraction of sp³-hybridized carbons (Fsp3) is 0.824. The number of quaternary nitrogens is 1. The Morgan fingerprint density at radius 3 is 2.12 bits per heavy atom. The molecule has 0 aliphatic carbocycles. The monoisotopic (exact) mass is 363 g/mol. The molecule has 0 saturated carbocycles. The minimum atomic E-state index is -3.94. The molecule has 0 rings (SSSR count). The van der Waals surface area contributed by atoms with E-state index in [0.717, 1.165) is 43.4 Å². The molecule has 0 heterocycles. The largest absolute Gasteiger partial charge is 0.350 e. The van der Waals surface area contributed by atoms with Crippen LogP contribution in [0.4, 0.5) is 0 Å². The Labute approximate surface area is 147 Å². The predicted molar refractivity (Wildman–Crippen MR) is 98.4 cm³/mol. The Morgan fingerprint density at radius 1 is 1.17 bits per heavy atom. The third-order valence-corrected chi connectivity index (χ3v) is 5.40. The molecular weight excluding hydrogens is 328 g/mol. The zero-order chi connectivity index (χ0) is 18.8. The van der Waals surface area contributed by atoms with Crippen molar-refractivity contribution in [3.63, 3.8) is 0 Å². The highest BCUT2D eigenvalue weighted by Crippen LogP contribution is 2.21. The number of amides is 1. The average Bonchev–Trinajstić information content (AvgIpc) is 2.49. The van der Waals surface area contributed by atoms with Crippen LogP contribution in [0.5, 0.6) is 0 Å². The van der Waals surface area contributed by atoms with E-state index in [-0.39, 0.29) is 23.7 Å². The van der Waals surface area contributed by atoms with Crippen molar-refractivity contribution in [1.29, 1.82) is 0 Å². The summed E-state index contributed by atoms with van der Waals surface area (Å²) in [4.78, 5) is 11.4. The van der Waals surface area contributed by atoms with E-state index in [0.29, 0.717) is 6.42 Å². The van der Waals surface area contributed by atoms with Gasteiger partial charge < -0.3 is 9.80 Å². The number of nitrogens with one attached hydrogen (secondary N) is 1. The highest BCUT2D eigenvalue weighted by atomic mass is 32.2. The first-order valence-electron chi connectivity index (χ1n) is 8.84. The molecular formula is C17H35N2O4S+. The van der Waals surface area contributed by atoms with Crippen molar-refractivity contribution in [1.82, 2.24) is 5.32 Å². The van der Waals surface area contributed by atoms with Gasteiger partial charge in [0.05, 0.1) is 31.4 Å². The molecule has 0 radical (unpaired) electrons. The molecule has 2 unspecified atom stereocenters. The summed E-state index contributed by atoms with van der Waals surface area (Å²) in [5.41, 5.74) is 0. The lowest BCUT2D eigenvalue weighted by Gasteiger charge is -2.44. The summed E-state index contributed by atoms with van der Waals surface area (Å²) in [7, 11) is -3.94. The molecule has 7 heteroatoms. The smallest absolute Gasteiger partial charge is 0.265 e. The van der Waals surface area contributed by atoms with Gasteiger partial charge in [0.1, 0.15) is 0 Å². The maximum Gasteiger partial charge on any atom is 0.265 e. The van der Waals surface area contributed by atoms with Crippen molar-refractivity contribution in [2.45, 2.75) is 65.5 Å². The Morgan fingerprint density at radius 2 is 1.71 bits per heavy atom. The second-order valence-electron chi connectivity index (χ2n) is 6.72. The fourth-order valence-corrected chi connectivity index (χ4v) is 3.94. The lowest BCUT2D eigenvalue weighted by Crippen LogP contribution is -2.57. The summed E-state index contributed by atoms with van der Waals surface area (Å²) in [5, 5.41) is 2.88. The van der Waals surface area contributed by atoms with Crippen LogP contribution in [0, 0.1) is 0 Å². The molecule has 0 aromatic heterocycles. The Hall–Kier alpha value is -0.920. The molecule has 0 aliphatic heterocycles. The van der Waals surface area contributed by atoms with Crippen LogP contribution in [0.2, 0.25) is 0 Å². The van der Waals surface area contributed by atoms with Gasteiger partial charge in [-0.2, -0.15) is 8.42 Å². The Bertz CT molecular complexity index is 485. The summed E-state index contributed by atoms with van der Waals surface area (Å²) < 4.78 is 32.0. The van der Waals surface area contributed by atoms with Crippen LogP contribution < -0.4 is 5.32 Å². The van der Waals surface area contributed by atoms with E-state index in [1.807, 2.05) is 6.92 Å². The summed E-state index contributed by atoms with van der Waals surface area (Å²) in [5.74, 6) is -0.379. The second-order valence-corrected chi connectivity index (χ2v) is 8.29. The number of carbonyl (C=O) groups excluding carboxylic acids is 1. The van der Waals surface area contributed by atoms with Crippen molar-refractivity contribution < 1.29 is 22.2 Å². The van der Waals surface area contributed by atoms with Gasteiger partial charge >= 0.3 is 0 Å². The van der Waals surface area contributed by atoms with E-state index in [1.54, 1.807) is 0 Å². The number of rotatable bonds is 13. The lowest BCUT2D eigenvalue weighted by molar-refractivity contribution is -0.950. The zero-order valence-corrected chi connectivity index (χ0v) is 16.4. The second kappa shape index (κ2) is 10.8. The van der Waals surface area contributed by atoms with E-state index < -0.39 is 10.1 Å². The van der Waals surface area contributed by atoms with Gasteiger partial charge in [0.15, 0.2) is 0 Å². The van der Waals surface area contributed by atoms with Crippen LogP contribution in [-0.4, -0.2) is 60.8 Å². The van der Waals surface area contributed by atoms with E-state index in [9.17, 15) is 13.2 Å². The van der Waals surface area contributed by atoms with Crippen molar-refractivity contribution >= 4 is 16.0 Å². The van der Waals surface area contributed by atoms with Gasteiger partial charge in [-0.3, -0.25) is 9.35 Å². The SMILES string of the molecule is C=CC(=O)NC(C)CC[N+](CCC)(CCC)C(C)CCS(=O)(=O)O. The first kappa shape index (κ1) is 23.1. The third kappa shape index (κ3) is 8.80. The van der Waals surface area contributed by atoms with Crippen LogP contribution in [0.15, 0.2) is 12.7 Å². The lowest BCUT2D eigenvalue weighted by atomic mass is 10.1. The molecule has 0 saturated heterocycles. The van der Waals surface area contributed by atoms with Crippen molar-refractivity contribution in [2.75, 3.05) is 25.4 Å². The first-order valence-corrected chi connectivity index (χ1v) is 10.4. The molecule has 0 bridgehead atoms. The standard InChI is InChI=1S/C17H34N2O4S/c1-6-11-19(12-7-2,16(5)10-14-24(21,22)23)13-9-15(4)18-17(20)8-3/h8,15-16H,3,6-7,9-14H2,1-2,4-5H3,(H-,18,20,21,22,23)/p+1. The van der Waals surface area contributed by atoms with Crippen molar-refractivity contribution in [3.05, 3.63) is 12.7 Å². The average molecular weight is 364 g/mol. The molecule has 2 N–H and O–H groups in total. The summed E-state index contributed by atoms with van der Waals surface area (Å²) in [6, 6.07) is 0.171. The number of nitrogens with zero attached hydrogens (tertiary/aromatic N) is 1. The van der Waals surface area contributed by atoms with E-state index in [2.05, 4.69) is 32.7 Å². The molecule has 0 aromatic carbocycles. The van der Waals surface area contributed by atoms with Gasteiger partial charge in [-0.15, -0.1) is 0 Å². The van der Waals surface area contributed by atoms with Crippen LogP contribution in [0.25, 0.3) is 0 Å². The molecule has 142 valence electrons. The molecule has 1 amide bonds. The molecule has 0 spiro atoms. The molecule has 6 nitrogen and oxygen atoms in total. The van der Waals surface area contributed by atoms with Crippen molar-refractivity contribution in [2.24, 2.45) is 0 Å². The van der Waals surface area contributed by atoms with Crippen molar-refractivity contribution in [3.8, 4) is 0 Å². The van der Waals surface area contributed by atoms with E-state index >= 15 is 0 Å². The van der Waals surface area contributed by atoms with Gasteiger partial charge in [-0.25, -0.2) is 0 Å². The Kier molecular flexibility index (Phi) is 10.4. The predicted octanol–water partition coefficient (Wildman–Crippen LogP) is 2.37. The molecule has 0 fully saturated rings. The normalized spacial score (nSPS) is 14.9. The third-order valence-electron chi connectivity index (χ3n) is 4.65. The first-order chi connectivity index (χ1) is 11.1. The van der Waals surface area contributed by atoms with Crippen LogP contribution in [-0.2, 0) is 14.9 Å². The summed E-state index contributed by atoms with van der Waals surface area (Å²) in [6.45, 7) is 14.5. The minimum absolute atomic E-state index is 0.0375.